The molecule has 0 radical (unpaired) electrons. The second kappa shape index (κ2) is 8.95. The number of nitrogens with zero attached hydrogens (tertiary/aromatic N) is 3. The topological polar surface area (TPSA) is 123 Å². The van der Waals surface area contributed by atoms with E-state index >= 15 is 0 Å². The van der Waals surface area contributed by atoms with E-state index in [-0.39, 0.29) is 6.61 Å². The minimum absolute atomic E-state index is 0.275. The highest BCUT2D eigenvalue weighted by Gasteiger charge is 2.55. The van der Waals surface area contributed by atoms with Gasteiger partial charge in [-0.25, -0.2) is 14.3 Å². The number of benzene rings is 2. The fourth-order valence-electron chi connectivity index (χ4n) is 4.84. The molecular formula is C26H25N5O5. The molecule has 3 aromatic rings. The Hall–Kier alpha value is -4.47. The molecule has 1 atom stereocenters. The highest BCUT2D eigenvalue weighted by Crippen LogP contribution is 2.41. The number of fused-ring (bicyclic) bond motifs is 2. The first kappa shape index (κ1) is 23.3. The average Bonchev–Trinajstić information content (AvgIpc) is 3.51. The van der Waals surface area contributed by atoms with Crippen LogP contribution in [0.3, 0.4) is 0 Å². The van der Waals surface area contributed by atoms with Crippen LogP contribution >= 0.6 is 0 Å². The maximum Gasteiger partial charge on any atom is 0.341 e. The van der Waals surface area contributed by atoms with E-state index in [2.05, 4.69) is 15.7 Å². The van der Waals surface area contributed by atoms with E-state index in [4.69, 9.17) is 4.74 Å². The summed E-state index contributed by atoms with van der Waals surface area (Å²) in [6.07, 6.45) is 2.61. The van der Waals surface area contributed by atoms with Crippen molar-refractivity contribution in [3.05, 3.63) is 77.1 Å². The van der Waals surface area contributed by atoms with Crippen molar-refractivity contribution in [1.29, 1.82) is 0 Å². The van der Waals surface area contributed by atoms with Crippen molar-refractivity contribution < 1.29 is 23.9 Å². The molecule has 2 N–H and O–H groups in total. The monoisotopic (exact) mass is 487 g/mol. The smallest absolute Gasteiger partial charge is 0.341 e. The number of hydrogen-bond acceptors (Lipinski definition) is 6. The van der Waals surface area contributed by atoms with Crippen LogP contribution < -0.4 is 10.6 Å². The zero-order valence-electron chi connectivity index (χ0n) is 19.9. The quantitative estimate of drug-likeness (QED) is 0.407. The first-order valence-corrected chi connectivity index (χ1v) is 11.7. The van der Waals surface area contributed by atoms with E-state index in [9.17, 15) is 19.2 Å². The number of carbonyl (C=O) groups is 4. The minimum Gasteiger partial charge on any atom is -0.462 e. The molecule has 184 valence electrons. The Labute approximate surface area is 207 Å². The fourth-order valence-corrected chi connectivity index (χ4v) is 4.84. The standard InChI is InChI=1S/C26H25N5O5/c1-3-36-23(33)20-14-27-31(16(20)2)19-10-8-18(9-11-19)28-22(32)15-30-24(34)26(29-25(30)35)13-12-17-6-4-5-7-21(17)26/h4-11,14H,3,12-13,15H2,1-2H3,(H,28,32)(H,29,35)/t26-/m0/s1. The number of anilines is 1. The van der Waals surface area contributed by atoms with Crippen molar-refractivity contribution in [1.82, 2.24) is 20.0 Å². The second-order valence-electron chi connectivity index (χ2n) is 8.75. The summed E-state index contributed by atoms with van der Waals surface area (Å²) in [5.74, 6) is -1.34. The molecule has 2 aliphatic rings. The first-order valence-electron chi connectivity index (χ1n) is 11.7. The molecular weight excluding hydrogens is 462 g/mol. The SMILES string of the molecule is CCOC(=O)c1cnn(-c2ccc(NC(=O)CN3C(=O)N[C@]4(CCc5ccccc54)C3=O)cc2)c1C. The van der Waals surface area contributed by atoms with E-state index in [1.165, 1.54) is 6.20 Å². The van der Waals surface area contributed by atoms with Gasteiger partial charge < -0.3 is 15.4 Å². The molecule has 10 heteroatoms. The van der Waals surface area contributed by atoms with E-state index < -0.39 is 35.9 Å². The molecule has 1 aliphatic heterocycles. The van der Waals surface area contributed by atoms with Crippen molar-refractivity contribution in [2.75, 3.05) is 18.5 Å². The highest BCUT2D eigenvalue weighted by atomic mass is 16.5. The van der Waals surface area contributed by atoms with Crippen molar-refractivity contribution >= 4 is 29.5 Å². The predicted octanol–water partition coefficient (Wildman–Crippen LogP) is 2.69. The summed E-state index contributed by atoms with van der Waals surface area (Å²) in [6, 6.07) is 13.8. The van der Waals surface area contributed by atoms with E-state index in [1.807, 2.05) is 24.3 Å². The molecule has 5 rings (SSSR count). The number of imide groups is 1. The molecule has 36 heavy (non-hydrogen) atoms. The van der Waals surface area contributed by atoms with Gasteiger partial charge in [-0.1, -0.05) is 24.3 Å². The van der Waals surface area contributed by atoms with E-state index in [0.29, 0.717) is 35.5 Å². The Kier molecular flexibility index (Phi) is 5.79. The minimum atomic E-state index is -1.10. The maximum atomic E-state index is 13.2. The van der Waals surface area contributed by atoms with Crippen molar-refractivity contribution in [2.24, 2.45) is 0 Å². The molecule has 4 amide bonds. The summed E-state index contributed by atoms with van der Waals surface area (Å²) >= 11 is 0. The Morgan fingerprint density at radius 1 is 1.14 bits per heavy atom. The van der Waals surface area contributed by atoms with Gasteiger partial charge in [0.25, 0.3) is 5.91 Å². The average molecular weight is 488 g/mol. The molecule has 1 saturated heterocycles. The fraction of sp³-hybridized carbons (Fsp3) is 0.269. The molecule has 2 heterocycles. The van der Waals surface area contributed by atoms with Crippen LogP contribution in [0.2, 0.25) is 0 Å². The van der Waals surface area contributed by atoms with E-state index in [0.717, 1.165) is 16.0 Å². The van der Waals surface area contributed by atoms with Crippen LogP contribution in [0, 0.1) is 6.92 Å². The maximum absolute atomic E-state index is 13.2. The van der Waals surface area contributed by atoms with Gasteiger partial charge in [0, 0.05) is 5.69 Å². The Morgan fingerprint density at radius 2 is 1.89 bits per heavy atom. The predicted molar refractivity (Wildman–Crippen MR) is 130 cm³/mol. The zero-order valence-corrected chi connectivity index (χ0v) is 19.9. The number of aryl methyl sites for hydroxylation is 1. The van der Waals surface area contributed by atoms with Gasteiger partial charge >= 0.3 is 12.0 Å². The second-order valence-corrected chi connectivity index (χ2v) is 8.75. The lowest BCUT2D eigenvalue weighted by molar-refractivity contribution is -0.134. The molecule has 1 aromatic heterocycles. The van der Waals surface area contributed by atoms with Gasteiger partial charge in [-0.3, -0.25) is 14.5 Å². The summed E-state index contributed by atoms with van der Waals surface area (Å²) in [4.78, 5) is 51.6. The summed E-state index contributed by atoms with van der Waals surface area (Å²) in [6.45, 7) is 3.39. The van der Waals surface area contributed by atoms with Crippen molar-refractivity contribution in [3.63, 3.8) is 0 Å². The third-order valence-corrected chi connectivity index (χ3v) is 6.62. The number of hydrogen-bond donors (Lipinski definition) is 2. The van der Waals surface area contributed by atoms with Crippen LogP contribution in [0.15, 0.2) is 54.7 Å². The molecule has 0 unspecified atom stereocenters. The van der Waals surface area contributed by atoms with Crippen LogP contribution in [0.5, 0.6) is 0 Å². The Morgan fingerprint density at radius 3 is 2.64 bits per heavy atom. The first-order chi connectivity index (χ1) is 17.3. The van der Waals surface area contributed by atoms with Crippen molar-refractivity contribution in [2.45, 2.75) is 32.2 Å². The number of rotatable bonds is 6. The van der Waals surface area contributed by atoms with Crippen LogP contribution in [-0.2, 0) is 26.3 Å². The highest BCUT2D eigenvalue weighted by molar-refractivity contribution is 6.11. The third-order valence-electron chi connectivity index (χ3n) is 6.62. The van der Waals surface area contributed by atoms with Gasteiger partial charge in [-0.05, 0) is 62.1 Å². The molecule has 1 aliphatic carbocycles. The molecule has 0 bridgehead atoms. The summed E-state index contributed by atoms with van der Waals surface area (Å²) in [5.41, 5.74) is 2.92. The molecule has 0 saturated carbocycles. The lowest BCUT2D eigenvalue weighted by Crippen LogP contribution is -2.42. The van der Waals surface area contributed by atoms with Crippen LogP contribution in [-0.4, -0.2) is 51.6 Å². The van der Waals surface area contributed by atoms with Gasteiger partial charge in [0.1, 0.15) is 17.6 Å². The van der Waals surface area contributed by atoms with Gasteiger partial charge in [-0.2, -0.15) is 5.10 Å². The zero-order chi connectivity index (χ0) is 25.4. The van der Waals surface area contributed by atoms with Gasteiger partial charge in [0.05, 0.1) is 24.2 Å². The third kappa shape index (κ3) is 3.80. The lowest BCUT2D eigenvalue weighted by atomic mass is 9.92. The normalized spacial score (nSPS) is 18.3. The Bertz CT molecular complexity index is 1380. The van der Waals surface area contributed by atoms with Crippen LogP contribution in [0.1, 0.15) is 40.5 Å². The number of amides is 4. The summed E-state index contributed by atoms with van der Waals surface area (Å²) < 4.78 is 6.64. The molecule has 2 aromatic carbocycles. The summed E-state index contributed by atoms with van der Waals surface area (Å²) in [5, 5.41) is 9.80. The van der Waals surface area contributed by atoms with Gasteiger partial charge in [0.15, 0.2) is 0 Å². The van der Waals surface area contributed by atoms with Crippen LogP contribution in [0.25, 0.3) is 5.69 Å². The largest absolute Gasteiger partial charge is 0.462 e. The number of esters is 1. The number of carbonyl (C=O) groups excluding carboxylic acids is 4. The Balaban J connectivity index is 1.26. The van der Waals surface area contributed by atoms with Gasteiger partial charge in [0.2, 0.25) is 5.91 Å². The summed E-state index contributed by atoms with van der Waals surface area (Å²) in [7, 11) is 0. The van der Waals surface area contributed by atoms with Gasteiger partial charge in [-0.15, -0.1) is 0 Å². The van der Waals surface area contributed by atoms with Crippen molar-refractivity contribution in [3.8, 4) is 5.69 Å². The molecule has 1 fully saturated rings. The van der Waals surface area contributed by atoms with E-state index in [1.54, 1.807) is 42.8 Å². The van der Waals surface area contributed by atoms with Crippen LogP contribution in [0.4, 0.5) is 10.5 Å². The number of ether oxygens (including phenoxy) is 1. The molecule has 1 spiro atoms. The number of aromatic nitrogens is 2. The molecule has 10 nitrogen and oxygen atoms in total. The number of urea groups is 1. The number of nitrogens with one attached hydrogen (secondary N) is 2. The lowest BCUT2D eigenvalue weighted by Gasteiger charge is -2.22.